The fourth-order valence-corrected chi connectivity index (χ4v) is 3.36. The van der Waals surface area contributed by atoms with E-state index in [1.165, 1.54) is 17.7 Å². The molecule has 1 aliphatic carbocycles. The van der Waals surface area contributed by atoms with Gasteiger partial charge in [-0.3, -0.25) is 9.69 Å². The van der Waals surface area contributed by atoms with E-state index in [1.807, 2.05) is 30.3 Å². The smallest absolute Gasteiger partial charge is 0.312 e. The summed E-state index contributed by atoms with van der Waals surface area (Å²) in [5.74, 6) is -1.19. The molecule has 0 radical (unpaired) electrons. The van der Waals surface area contributed by atoms with E-state index in [0.717, 1.165) is 12.1 Å². The van der Waals surface area contributed by atoms with Gasteiger partial charge in [0.1, 0.15) is 0 Å². The van der Waals surface area contributed by atoms with Crippen LogP contribution in [0.15, 0.2) is 47.8 Å². The summed E-state index contributed by atoms with van der Waals surface area (Å²) in [5, 5.41) is 11.7. The van der Waals surface area contributed by atoms with E-state index >= 15 is 0 Å². The third-order valence-corrected chi connectivity index (χ3v) is 4.78. The van der Waals surface area contributed by atoms with Gasteiger partial charge in [0.2, 0.25) is 0 Å². The average molecular weight is 301 g/mol. The molecule has 0 spiro atoms. The van der Waals surface area contributed by atoms with Crippen molar-refractivity contribution in [1.82, 2.24) is 4.90 Å². The molecule has 1 fully saturated rings. The highest BCUT2D eigenvalue weighted by molar-refractivity contribution is 7.09. The molecular formula is C17H19NO2S. The number of rotatable bonds is 7. The second-order valence-corrected chi connectivity index (χ2v) is 6.57. The fourth-order valence-electron chi connectivity index (χ4n) is 2.63. The minimum atomic E-state index is -0.738. The van der Waals surface area contributed by atoms with Gasteiger partial charge >= 0.3 is 5.97 Å². The molecule has 3 nitrogen and oxygen atoms in total. The molecule has 2 aromatic rings. The molecule has 21 heavy (non-hydrogen) atoms. The first-order chi connectivity index (χ1) is 10.2. The van der Waals surface area contributed by atoms with Crippen molar-refractivity contribution >= 4 is 17.3 Å². The number of benzene rings is 1. The van der Waals surface area contributed by atoms with Crippen LogP contribution in [-0.4, -0.2) is 28.6 Å². The lowest BCUT2D eigenvalue weighted by Crippen LogP contribution is -2.33. The Morgan fingerprint density at radius 2 is 2.00 bits per heavy atom. The van der Waals surface area contributed by atoms with Gasteiger partial charge in [-0.15, -0.1) is 11.3 Å². The minimum Gasteiger partial charge on any atom is -0.481 e. The normalized spacial score (nSPS) is 16.0. The SMILES string of the molecule is O=C(O)C(CN(Cc1cccs1)C1CC1)c1ccccc1. The molecule has 1 saturated carbocycles. The monoisotopic (exact) mass is 301 g/mol. The Bertz CT molecular complexity index is 578. The van der Waals surface area contributed by atoms with Gasteiger partial charge in [0, 0.05) is 24.0 Å². The van der Waals surface area contributed by atoms with E-state index in [2.05, 4.69) is 22.4 Å². The van der Waals surface area contributed by atoms with E-state index in [9.17, 15) is 9.90 Å². The molecule has 1 unspecified atom stereocenters. The molecule has 3 rings (SSSR count). The van der Waals surface area contributed by atoms with Gasteiger partial charge in [0.15, 0.2) is 0 Å². The summed E-state index contributed by atoms with van der Waals surface area (Å²) in [7, 11) is 0. The topological polar surface area (TPSA) is 40.5 Å². The molecule has 1 aromatic carbocycles. The van der Waals surface area contributed by atoms with Crippen LogP contribution in [0.5, 0.6) is 0 Å². The zero-order valence-corrected chi connectivity index (χ0v) is 12.6. The summed E-state index contributed by atoms with van der Waals surface area (Å²) < 4.78 is 0. The van der Waals surface area contributed by atoms with E-state index in [-0.39, 0.29) is 0 Å². The fraction of sp³-hybridized carbons (Fsp3) is 0.353. The number of hydrogen-bond acceptors (Lipinski definition) is 3. The number of thiophene rings is 1. The average Bonchev–Trinajstić information content (AvgIpc) is 3.21. The zero-order valence-electron chi connectivity index (χ0n) is 11.8. The molecular weight excluding hydrogens is 282 g/mol. The van der Waals surface area contributed by atoms with Crippen LogP contribution in [0, 0.1) is 0 Å². The predicted molar refractivity (Wildman–Crippen MR) is 84.6 cm³/mol. The molecule has 1 N–H and O–H groups in total. The number of nitrogens with zero attached hydrogens (tertiary/aromatic N) is 1. The third kappa shape index (κ3) is 3.71. The summed E-state index contributed by atoms with van der Waals surface area (Å²) in [4.78, 5) is 15.3. The largest absolute Gasteiger partial charge is 0.481 e. The maximum Gasteiger partial charge on any atom is 0.312 e. The number of aliphatic carboxylic acids is 1. The summed E-state index contributed by atoms with van der Waals surface area (Å²) in [6.45, 7) is 1.45. The Labute approximate surface area is 128 Å². The van der Waals surface area contributed by atoms with E-state index < -0.39 is 11.9 Å². The van der Waals surface area contributed by atoms with Crippen molar-refractivity contribution < 1.29 is 9.90 Å². The van der Waals surface area contributed by atoms with Crippen molar-refractivity contribution in [2.45, 2.75) is 31.3 Å². The zero-order chi connectivity index (χ0) is 14.7. The predicted octanol–water partition coefficient (Wildman–Crippen LogP) is 3.58. The molecule has 1 aromatic heterocycles. The lowest BCUT2D eigenvalue weighted by molar-refractivity contribution is -0.139. The van der Waals surface area contributed by atoms with Crippen LogP contribution in [0.4, 0.5) is 0 Å². The molecule has 0 aliphatic heterocycles. The Hall–Kier alpha value is -1.65. The molecule has 1 atom stereocenters. The summed E-state index contributed by atoms with van der Waals surface area (Å²) in [6, 6.07) is 14.3. The Morgan fingerprint density at radius 1 is 1.24 bits per heavy atom. The highest BCUT2D eigenvalue weighted by Gasteiger charge is 2.33. The molecule has 1 aliphatic rings. The molecule has 0 amide bonds. The van der Waals surface area contributed by atoms with Crippen LogP contribution >= 0.6 is 11.3 Å². The van der Waals surface area contributed by atoms with Gasteiger partial charge in [-0.25, -0.2) is 0 Å². The first-order valence-electron chi connectivity index (χ1n) is 7.28. The van der Waals surface area contributed by atoms with Gasteiger partial charge in [0.25, 0.3) is 0 Å². The van der Waals surface area contributed by atoms with Gasteiger partial charge in [0.05, 0.1) is 5.92 Å². The third-order valence-electron chi connectivity index (χ3n) is 3.92. The van der Waals surface area contributed by atoms with Crippen LogP contribution in [-0.2, 0) is 11.3 Å². The van der Waals surface area contributed by atoms with Crippen molar-refractivity contribution in [3.05, 3.63) is 58.3 Å². The second kappa shape index (κ2) is 6.41. The summed E-state index contributed by atoms with van der Waals surface area (Å²) in [5.41, 5.74) is 0.891. The van der Waals surface area contributed by atoms with E-state index in [0.29, 0.717) is 12.6 Å². The van der Waals surface area contributed by atoms with Gasteiger partial charge < -0.3 is 5.11 Å². The van der Waals surface area contributed by atoms with Crippen molar-refractivity contribution in [3.63, 3.8) is 0 Å². The highest BCUT2D eigenvalue weighted by Crippen LogP contribution is 2.31. The minimum absolute atomic E-state index is 0.452. The van der Waals surface area contributed by atoms with Crippen molar-refractivity contribution in [1.29, 1.82) is 0 Å². The van der Waals surface area contributed by atoms with Gasteiger partial charge in [-0.05, 0) is 29.9 Å². The number of carbonyl (C=O) groups is 1. The van der Waals surface area contributed by atoms with Crippen molar-refractivity contribution in [2.75, 3.05) is 6.54 Å². The van der Waals surface area contributed by atoms with Crippen LogP contribution in [0.1, 0.15) is 29.2 Å². The molecule has 0 bridgehead atoms. The molecule has 110 valence electrons. The standard InChI is InChI=1S/C17H19NO2S/c19-17(20)16(13-5-2-1-3-6-13)12-18(14-8-9-14)11-15-7-4-10-21-15/h1-7,10,14,16H,8-9,11-12H2,(H,19,20). The van der Waals surface area contributed by atoms with Crippen LogP contribution in [0.2, 0.25) is 0 Å². The van der Waals surface area contributed by atoms with Crippen molar-refractivity contribution in [2.24, 2.45) is 0 Å². The molecule has 1 heterocycles. The first-order valence-corrected chi connectivity index (χ1v) is 8.16. The summed E-state index contributed by atoms with van der Waals surface area (Å²) in [6.07, 6.45) is 2.37. The lowest BCUT2D eigenvalue weighted by Gasteiger charge is -2.25. The maximum absolute atomic E-state index is 11.7. The Kier molecular flexibility index (Phi) is 4.36. The van der Waals surface area contributed by atoms with Gasteiger partial charge in [-0.2, -0.15) is 0 Å². The summed E-state index contributed by atoms with van der Waals surface area (Å²) >= 11 is 1.74. The van der Waals surface area contributed by atoms with Crippen LogP contribution < -0.4 is 0 Å². The molecule has 0 saturated heterocycles. The number of carboxylic acid groups (broad SMARTS) is 1. The van der Waals surface area contributed by atoms with Crippen LogP contribution in [0.3, 0.4) is 0 Å². The van der Waals surface area contributed by atoms with E-state index in [4.69, 9.17) is 0 Å². The number of hydrogen-bond donors (Lipinski definition) is 1. The quantitative estimate of drug-likeness (QED) is 0.850. The van der Waals surface area contributed by atoms with Crippen molar-refractivity contribution in [3.8, 4) is 0 Å². The van der Waals surface area contributed by atoms with Crippen LogP contribution in [0.25, 0.3) is 0 Å². The highest BCUT2D eigenvalue weighted by atomic mass is 32.1. The van der Waals surface area contributed by atoms with Gasteiger partial charge in [-0.1, -0.05) is 36.4 Å². The lowest BCUT2D eigenvalue weighted by atomic mass is 9.98. The Morgan fingerprint density at radius 3 is 2.57 bits per heavy atom. The number of carboxylic acids is 1. The Balaban J connectivity index is 1.75. The first kappa shape index (κ1) is 14.3. The maximum atomic E-state index is 11.7. The second-order valence-electron chi connectivity index (χ2n) is 5.54. The molecule has 4 heteroatoms. The van der Waals surface area contributed by atoms with E-state index in [1.54, 1.807) is 11.3 Å².